The molecule has 0 aliphatic rings. The van der Waals surface area contributed by atoms with E-state index in [9.17, 15) is 9.18 Å². The summed E-state index contributed by atoms with van der Waals surface area (Å²) in [5, 5.41) is 1.28. The number of hydrogen-bond donors (Lipinski definition) is 1. The van der Waals surface area contributed by atoms with Gasteiger partial charge in [0.05, 0.1) is 0 Å². The molecule has 1 N–H and O–H groups in total. The second-order valence-corrected chi connectivity index (χ2v) is 3.54. The number of pyridine rings is 1. The maximum atomic E-state index is 12.9. The van der Waals surface area contributed by atoms with E-state index in [4.69, 9.17) is 0 Å². The monoisotopic (exact) mass is 255 g/mol. The topological polar surface area (TPSA) is 32.9 Å². The smallest absolute Gasteiger partial charge is 0.248 e. The fourth-order valence-electron chi connectivity index (χ4n) is 1.41. The molecular formula is C10H7BrFNO. The van der Waals surface area contributed by atoms with Gasteiger partial charge in [-0.1, -0.05) is 15.9 Å². The van der Waals surface area contributed by atoms with Crippen molar-refractivity contribution in [3.63, 3.8) is 0 Å². The zero-order valence-electron chi connectivity index (χ0n) is 7.18. The molecule has 1 aromatic carbocycles. The third-order valence-electron chi connectivity index (χ3n) is 2.03. The number of nitrogens with one attached hydrogen (secondary N) is 1. The van der Waals surface area contributed by atoms with Crippen LogP contribution in [-0.4, -0.2) is 4.98 Å². The number of aromatic amines is 1. The van der Waals surface area contributed by atoms with Crippen LogP contribution in [0.4, 0.5) is 4.39 Å². The highest BCUT2D eigenvalue weighted by molar-refractivity contribution is 9.08. The number of hydrogen-bond acceptors (Lipinski definition) is 1. The summed E-state index contributed by atoms with van der Waals surface area (Å²) in [6.07, 6.45) is 0. The highest BCUT2D eigenvalue weighted by Gasteiger charge is 2.03. The summed E-state index contributed by atoms with van der Waals surface area (Å²) in [5.74, 6) is -0.299. The van der Waals surface area contributed by atoms with Gasteiger partial charge in [0, 0.05) is 22.3 Å². The maximum absolute atomic E-state index is 12.9. The molecule has 0 radical (unpaired) electrons. The summed E-state index contributed by atoms with van der Waals surface area (Å²) in [4.78, 5) is 13.8. The second-order valence-electron chi connectivity index (χ2n) is 2.98. The summed E-state index contributed by atoms with van der Waals surface area (Å²) in [6.45, 7) is 0. The minimum absolute atomic E-state index is 0.168. The van der Waals surface area contributed by atoms with Crippen molar-refractivity contribution in [2.24, 2.45) is 0 Å². The molecule has 0 saturated carbocycles. The lowest BCUT2D eigenvalue weighted by atomic mass is 10.1. The van der Waals surface area contributed by atoms with Crippen LogP contribution in [0.25, 0.3) is 10.9 Å². The van der Waals surface area contributed by atoms with Crippen LogP contribution in [-0.2, 0) is 5.33 Å². The van der Waals surface area contributed by atoms with Crippen LogP contribution in [0.1, 0.15) is 5.56 Å². The number of benzene rings is 1. The van der Waals surface area contributed by atoms with Gasteiger partial charge in [-0.05, 0) is 23.8 Å². The van der Waals surface area contributed by atoms with Crippen molar-refractivity contribution in [3.8, 4) is 0 Å². The van der Waals surface area contributed by atoms with Crippen LogP contribution in [0, 0.1) is 5.82 Å². The van der Waals surface area contributed by atoms with Crippen molar-refractivity contribution in [3.05, 3.63) is 46.0 Å². The van der Waals surface area contributed by atoms with E-state index in [1.807, 2.05) is 0 Å². The van der Waals surface area contributed by atoms with Gasteiger partial charge in [-0.25, -0.2) is 4.39 Å². The zero-order chi connectivity index (χ0) is 10.1. The van der Waals surface area contributed by atoms with E-state index >= 15 is 0 Å². The van der Waals surface area contributed by atoms with Crippen molar-refractivity contribution in [2.45, 2.75) is 5.33 Å². The van der Waals surface area contributed by atoms with E-state index in [1.54, 1.807) is 6.07 Å². The highest BCUT2D eigenvalue weighted by Crippen LogP contribution is 2.18. The van der Waals surface area contributed by atoms with Crippen molar-refractivity contribution < 1.29 is 4.39 Å². The number of H-pyrrole nitrogens is 1. The number of aromatic nitrogens is 1. The van der Waals surface area contributed by atoms with Crippen LogP contribution in [0.5, 0.6) is 0 Å². The molecule has 2 rings (SSSR count). The molecule has 2 nitrogen and oxygen atoms in total. The van der Waals surface area contributed by atoms with E-state index < -0.39 is 0 Å². The van der Waals surface area contributed by atoms with Crippen molar-refractivity contribution in [1.82, 2.24) is 4.98 Å². The first-order valence-corrected chi connectivity index (χ1v) is 5.20. The van der Waals surface area contributed by atoms with Crippen molar-refractivity contribution in [2.75, 3.05) is 0 Å². The molecule has 2 aromatic rings. The number of fused-ring (bicyclic) bond motifs is 1. The number of rotatable bonds is 1. The minimum Gasteiger partial charge on any atom is -0.322 e. The molecule has 0 bridgehead atoms. The van der Waals surface area contributed by atoms with Gasteiger partial charge in [-0.15, -0.1) is 0 Å². The molecule has 1 heterocycles. The molecule has 72 valence electrons. The van der Waals surface area contributed by atoms with E-state index in [-0.39, 0.29) is 11.4 Å². The quantitative estimate of drug-likeness (QED) is 0.781. The largest absolute Gasteiger partial charge is 0.322 e. The Balaban J connectivity index is 2.88. The molecule has 0 spiro atoms. The van der Waals surface area contributed by atoms with Crippen LogP contribution < -0.4 is 5.56 Å². The fourth-order valence-corrected chi connectivity index (χ4v) is 1.87. The van der Waals surface area contributed by atoms with Gasteiger partial charge in [0.15, 0.2) is 0 Å². The lowest BCUT2D eigenvalue weighted by Gasteiger charge is -2.02. The van der Waals surface area contributed by atoms with Crippen molar-refractivity contribution >= 4 is 26.8 Å². The standard InChI is InChI=1S/C10H7BrFNO/c11-5-6-3-10(14)13-9-2-1-7(12)4-8(6)9/h1-4H,5H2,(H,13,14). The summed E-state index contributed by atoms with van der Waals surface area (Å²) < 4.78 is 12.9. The lowest BCUT2D eigenvalue weighted by molar-refractivity contribution is 0.629. The number of halogens is 2. The van der Waals surface area contributed by atoms with E-state index in [0.29, 0.717) is 10.8 Å². The predicted molar refractivity (Wildman–Crippen MR) is 57.2 cm³/mol. The Morgan fingerprint density at radius 2 is 2.14 bits per heavy atom. The Morgan fingerprint density at radius 3 is 2.86 bits per heavy atom. The van der Waals surface area contributed by atoms with Crippen LogP contribution >= 0.6 is 15.9 Å². The van der Waals surface area contributed by atoms with Gasteiger partial charge >= 0.3 is 0 Å². The van der Waals surface area contributed by atoms with Gasteiger partial charge in [-0.2, -0.15) is 0 Å². The zero-order valence-corrected chi connectivity index (χ0v) is 8.77. The molecule has 4 heteroatoms. The van der Waals surface area contributed by atoms with E-state index in [0.717, 1.165) is 10.9 Å². The molecule has 0 saturated heterocycles. The normalized spacial score (nSPS) is 10.7. The second kappa shape index (κ2) is 3.53. The lowest BCUT2D eigenvalue weighted by Crippen LogP contribution is -2.05. The van der Waals surface area contributed by atoms with E-state index in [1.165, 1.54) is 18.2 Å². The Kier molecular flexibility index (Phi) is 2.37. The molecule has 0 atom stereocenters. The third kappa shape index (κ3) is 1.57. The molecule has 0 amide bonds. The van der Waals surface area contributed by atoms with Gasteiger partial charge < -0.3 is 4.98 Å². The van der Waals surface area contributed by atoms with Crippen LogP contribution in [0.3, 0.4) is 0 Å². The first kappa shape index (κ1) is 9.40. The SMILES string of the molecule is O=c1cc(CBr)c2cc(F)ccc2[nH]1. The first-order valence-electron chi connectivity index (χ1n) is 4.08. The van der Waals surface area contributed by atoms with Crippen molar-refractivity contribution in [1.29, 1.82) is 0 Å². The summed E-state index contributed by atoms with van der Waals surface area (Å²) in [7, 11) is 0. The fraction of sp³-hybridized carbons (Fsp3) is 0.100. The molecule has 0 aliphatic heterocycles. The van der Waals surface area contributed by atoms with Gasteiger partial charge in [0.25, 0.3) is 0 Å². The maximum Gasteiger partial charge on any atom is 0.248 e. The predicted octanol–water partition coefficient (Wildman–Crippen LogP) is 2.56. The van der Waals surface area contributed by atoms with Crippen LogP contribution in [0.15, 0.2) is 29.1 Å². The number of alkyl halides is 1. The molecular weight excluding hydrogens is 249 g/mol. The Labute approximate surface area is 87.9 Å². The van der Waals surface area contributed by atoms with Gasteiger partial charge in [0.1, 0.15) is 5.82 Å². The molecule has 0 aliphatic carbocycles. The Hall–Kier alpha value is -1.16. The molecule has 1 aromatic heterocycles. The van der Waals surface area contributed by atoms with Crippen LogP contribution in [0.2, 0.25) is 0 Å². The average molecular weight is 256 g/mol. The third-order valence-corrected chi connectivity index (χ3v) is 2.64. The highest BCUT2D eigenvalue weighted by atomic mass is 79.9. The first-order chi connectivity index (χ1) is 6.70. The van der Waals surface area contributed by atoms with Gasteiger partial charge in [-0.3, -0.25) is 4.79 Å². The Bertz CT molecular complexity index is 535. The molecule has 0 fully saturated rings. The average Bonchev–Trinajstić information content (AvgIpc) is 2.17. The Morgan fingerprint density at radius 1 is 1.36 bits per heavy atom. The summed E-state index contributed by atoms with van der Waals surface area (Å²) in [5.41, 5.74) is 1.29. The molecule has 14 heavy (non-hydrogen) atoms. The summed E-state index contributed by atoms with van der Waals surface area (Å²) in [6, 6.07) is 5.78. The minimum atomic E-state index is -0.299. The summed E-state index contributed by atoms with van der Waals surface area (Å²) >= 11 is 3.26. The van der Waals surface area contributed by atoms with E-state index in [2.05, 4.69) is 20.9 Å². The van der Waals surface area contributed by atoms with Gasteiger partial charge in [0.2, 0.25) is 5.56 Å². The molecule has 0 unspecified atom stereocenters.